The van der Waals surface area contributed by atoms with Gasteiger partial charge in [-0.05, 0) is 42.3 Å². The van der Waals surface area contributed by atoms with E-state index in [0.29, 0.717) is 0 Å². The van der Waals surface area contributed by atoms with Gasteiger partial charge >= 0.3 is 0 Å². The smallest absolute Gasteiger partial charge is 0.0669 e. The average molecular weight is 361 g/mol. The summed E-state index contributed by atoms with van der Waals surface area (Å²) in [5.41, 5.74) is 1.26. The average Bonchev–Trinajstić information content (AvgIpc) is 2.70. The summed E-state index contributed by atoms with van der Waals surface area (Å²) >= 11 is 8.81. The number of thiophene rings is 1. The van der Waals surface area contributed by atoms with Crippen LogP contribution in [-0.2, 0) is 0 Å². The van der Waals surface area contributed by atoms with Gasteiger partial charge in [-0.3, -0.25) is 0 Å². The Morgan fingerprint density at radius 3 is 2.38 bits per heavy atom. The molecule has 2 aromatic rings. The predicted molar refractivity (Wildman–Crippen MR) is 77.1 cm³/mol. The van der Waals surface area contributed by atoms with E-state index in [2.05, 4.69) is 66.8 Å². The lowest BCUT2D eigenvalue weighted by atomic mass is 10.1. The monoisotopic (exact) mass is 359 g/mol. The van der Waals surface area contributed by atoms with Crippen molar-refractivity contribution >= 4 is 43.2 Å². The second kappa shape index (κ2) is 5.45. The maximum absolute atomic E-state index is 3.52. The minimum atomic E-state index is 0.258. The zero-order valence-electron chi connectivity index (χ0n) is 8.71. The van der Waals surface area contributed by atoms with E-state index in [1.807, 2.05) is 13.1 Å². The maximum atomic E-state index is 3.52. The Hall–Kier alpha value is -0.160. The fourth-order valence-corrected chi connectivity index (χ4v) is 3.86. The molecule has 84 valence electrons. The summed E-state index contributed by atoms with van der Waals surface area (Å²) in [5, 5.41) is 5.45. The van der Waals surface area contributed by atoms with Crippen LogP contribution in [-0.4, -0.2) is 7.05 Å². The van der Waals surface area contributed by atoms with Crippen molar-refractivity contribution in [3.8, 4) is 0 Å². The zero-order chi connectivity index (χ0) is 11.5. The summed E-state index contributed by atoms with van der Waals surface area (Å²) in [5.74, 6) is 0. The quantitative estimate of drug-likeness (QED) is 0.844. The van der Waals surface area contributed by atoms with Crippen molar-refractivity contribution in [2.75, 3.05) is 7.05 Å². The van der Waals surface area contributed by atoms with E-state index in [0.717, 1.165) is 8.95 Å². The van der Waals surface area contributed by atoms with Crippen molar-refractivity contribution < 1.29 is 0 Å². The molecule has 0 saturated heterocycles. The summed E-state index contributed by atoms with van der Waals surface area (Å²) in [7, 11) is 1.99. The highest BCUT2D eigenvalue weighted by Gasteiger charge is 2.13. The Kier molecular flexibility index (Phi) is 4.19. The molecule has 0 radical (unpaired) electrons. The van der Waals surface area contributed by atoms with Gasteiger partial charge < -0.3 is 5.32 Å². The van der Waals surface area contributed by atoms with Gasteiger partial charge in [-0.2, -0.15) is 0 Å². The third kappa shape index (κ3) is 2.74. The Morgan fingerprint density at radius 1 is 1.19 bits per heavy atom. The van der Waals surface area contributed by atoms with Crippen LogP contribution in [0.4, 0.5) is 0 Å². The Bertz CT molecular complexity index is 448. The lowest BCUT2D eigenvalue weighted by Gasteiger charge is -2.15. The maximum Gasteiger partial charge on any atom is 0.0669 e. The van der Waals surface area contributed by atoms with E-state index >= 15 is 0 Å². The highest BCUT2D eigenvalue weighted by molar-refractivity contribution is 9.11. The van der Waals surface area contributed by atoms with Crippen molar-refractivity contribution in [1.82, 2.24) is 5.32 Å². The molecule has 1 unspecified atom stereocenters. The number of hydrogen-bond donors (Lipinski definition) is 1. The second-order valence-corrected chi connectivity index (χ2v) is 6.25. The van der Waals surface area contributed by atoms with Gasteiger partial charge in [0, 0.05) is 13.8 Å². The zero-order valence-corrected chi connectivity index (χ0v) is 12.7. The lowest BCUT2D eigenvalue weighted by molar-refractivity contribution is 0.703. The molecular weight excluding hydrogens is 350 g/mol. The first kappa shape index (κ1) is 12.3. The van der Waals surface area contributed by atoms with Crippen molar-refractivity contribution in [2.45, 2.75) is 6.04 Å². The van der Waals surface area contributed by atoms with E-state index in [1.54, 1.807) is 11.3 Å². The van der Waals surface area contributed by atoms with Crippen LogP contribution in [0, 0.1) is 0 Å². The third-order valence-corrected chi connectivity index (χ3v) is 4.19. The van der Waals surface area contributed by atoms with Crippen LogP contribution in [0.1, 0.15) is 16.5 Å². The van der Waals surface area contributed by atoms with E-state index < -0.39 is 0 Å². The standard InChI is InChI=1S/C12H11Br2NS/c1-15-12(11-3-2-4-16-11)8-5-9(13)7-10(14)6-8/h2-7,12,15H,1H3. The summed E-state index contributed by atoms with van der Waals surface area (Å²) in [6, 6.07) is 10.8. The van der Waals surface area contributed by atoms with E-state index in [9.17, 15) is 0 Å². The lowest BCUT2D eigenvalue weighted by Crippen LogP contribution is -2.16. The van der Waals surface area contributed by atoms with Crippen molar-refractivity contribution in [3.63, 3.8) is 0 Å². The molecule has 0 aliphatic rings. The topological polar surface area (TPSA) is 12.0 Å². The van der Waals surface area contributed by atoms with Gasteiger partial charge in [0.15, 0.2) is 0 Å². The highest BCUT2D eigenvalue weighted by atomic mass is 79.9. The molecule has 0 spiro atoms. The van der Waals surface area contributed by atoms with Crippen molar-refractivity contribution in [3.05, 3.63) is 55.1 Å². The molecule has 1 N–H and O–H groups in total. The van der Waals surface area contributed by atoms with Gasteiger partial charge in [-0.25, -0.2) is 0 Å². The Morgan fingerprint density at radius 2 is 1.88 bits per heavy atom. The van der Waals surface area contributed by atoms with E-state index in [4.69, 9.17) is 0 Å². The van der Waals surface area contributed by atoms with Crippen LogP contribution in [0.2, 0.25) is 0 Å². The van der Waals surface area contributed by atoms with Crippen LogP contribution in [0.15, 0.2) is 44.7 Å². The van der Waals surface area contributed by atoms with Gasteiger partial charge in [0.2, 0.25) is 0 Å². The molecule has 1 atom stereocenters. The number of benzene rings is 1. The number of rotatable bonds is 3. The summed E-state index contributed by atoms with van der Waals surface area (Å²) in [4.78, 5) is 1.33. The minimum absolute atomic E-state index is 0.258. The van der Waals surface area contributed by atoms with Gasteiger partial charge in [0.1, 0.15) is 0 Å². The van der Waals surface area contributed by atoms with Crippen molar-refractivity contribution in [2.24, 2.45) is 0 Å². The molecule has 0 saturated carbocycles. The van der Waals surface area contributed by atoms with Crippen LogP contribution in [0.3, 0.4) is 0 Å². The molecule has 2 rings (SSSR count). The van der Waals surface area contributed by atoms with Gasteiger partial charge in [0.25, 0.3) is 0 Å². The van der Waals surface area contributed by atoms with E-state index in [1.165, 1.54) is 10.4 Å². The van der Waals surface area contributed by atoms with Crippen LogP contribution < -0.4 is 5.32 Å². The normalized spacial score (nSPS) is 12.7. The Balaban J connectivity index is 2.41. The first-order valence-electron chi connectivity index (χ1n) is 4.87. The number of halogens is 2. The van der Waals surface area contributed by atoms with Gasteiger partial charge in [-0.1, -0.05) is 37.9 Å². The largest absolute Gasteiger partial charge is 0.309 e. The first-order chi connectivity index (χ1) is 7.70. The van der Waals surface area contributed by atoms with Crippen LogP contribution in [0.5, 0.6) is 0 Å². The third-order valence-electron chi connectivity index (χ3n) is 2.33. The fourth-order valence-electron chi connectivity index (χ4n) is 1.67. The number of nitrogens with one attached hydrogen (secondary N) is 1. The van der Waals surface area contributed by atoms with Crippen molar-refractivity contribution in [1.29, 1.82) is 0 Å². The molecule has 0 fully saturated rings. The molecule has 1 heterocycles. The molecule has 16 heavy (non-hydrogen) atoms. The second-order valence-electron chi connectivity index (χ2n) is 3.44. The minimum Gasteiger partial charge on any atom is -0.309 e. The molecule has 4 heteroatoms. The van der Waals surface area contributed by atoms with E-state index in [-0.39, 0.29) is 6.04 Å². The molecule has 0 aliphatic heterocycles. The molecular formula is C12H11Br2NS. The Labute approximate surface area is 116 Å². The SMILES string of the molecule is CNC(c1cc(Br)cc(Br)c1)c1cccs1. The highest BCUT2D eigenvalue weighted by Crippen LogP contribution is 2.30. The molecule has 1 aromatic heterocycles. The molecule has 1 nitrogen and oxygen atoms in total. The van der Waals surface area contributed by atoms with Crippen LogP contribution in [0.25, 0.3) is 0 Å². The molecule has 0 aliphatic carbocycles. The molecule has 0 bridgehead atoms. The molecule has 1 aromatic carbocycles. The summed E-state index contributed by atoms with van der Waals surface area (Å²) in [6.07, 6.45) is 0. The summed E-state index contributed by atoms with van der Waals surface area (Å²) in [6.45, 7) is 0. The number of hydrogen-bond acceptors (Lipinski definition) is 2. The van der Waals surface area contributed by atoms with Crippen LogP contribution >= 0.6 is 43.2 Å². The van der Waals surface area contributed by atoms with Gasteiger partial charge in [-0.15, -0.1) is 11.3 Å². The molecule has 0 amide bonds. The van der Waals surface area contributed by atoms with Gasteiger partial charge in [0.05, 0.1) is 6.04 Å². The fraction of sp³-hybridized carbons (Fsp3) is 0.167. The predicted octanol–water partition coefficient (Wildman–Crippen LogP) is 4.58. The summed E-state index contributed by atoms with van der Waals surface area (Å²) < 4.78 is 2.18. The first-order valence-corrected chi connectivity index (χ1v) is 7.34.